The van der Waals surface area contributed by atoms with Crippen LogP contribution in [-0.4, -0.2) is 7.05 Å². The van der Waals surface area contributed by atoms with Gasteiger partial charge in [-0.25, -0.2) is 4.39 Å². The standard InChI is InChI=1S/C18H22FN/c1-13(2)11-14-5-4-6-16(12-14)18(20-3)15-7-9-17(19)10-8-15/h4-10,12-13,18,20H,11H2,1-3H3. The van der Waals surface area contributed by atoms with Crippen LogP contribution in [-0.2, 0) is 6.42 Å². The Balaban J connectivity index is 2.29. The van der Waals surface area contributed by atoms with Crippen molar-refractivity contribution in [3.63, 3.8) is 0 Å². The van der Waals surface area contributed by atoms with Crippen LogP contribution in [0.3, 0.4) is 0 Å². The van der Waals surface area contributed by atoms with Gasteiger partial charge in [0.2, 0.25) is 0 Å². The molecule has 1 nitrogen and oxygen atoms in total. The van der Waals surface area contributed by atoms with Crippen molar-refractivity contribution in [3.05, 3.63) is 71.0 Å². The molecule has 2 aromatic carbocycles. The summed E-state index contributed by atoms with van der Waals surface area (Å²) in [6.07, 6.45) is 1.08. The Morgan fingerprint density at radius 2 is 1.70 bits per heavy atom. The lowest BCUT2D eigenvalue weighted by Gasteiger charge is -2.18. The molecule has 2 rings (SSSR count). The molecule has 2 heteroatoms. The summed E-state index contributed by atoms with van der Waals surface area (Å²) < 4.78 is 13.0. The van der Waals surface area contributed by atoms with E-state index < -0.39 is 0 Å². The van der Waals surface area contributed by atoms with Crippen molar-refractivity contribution in [2.45, 2.75) is 26.3 Å². The first-order valence-corrected chi connectivity index (χ1v) is 7.11. The molecule has 0 radical (unpaired) electrons. The third-order valence-electron chi connectivity index (χ3n) is 3.42. The zero-order chi connectivity index (χ0) is 14.5. The van der Waals surface area contributed by atoms with Crippen molar-refractivity contribution >= 4 is 0 Å². The van der Waals surface area contributed by atoms with Crippen LogP contribution in [0.5, 0.6) is 0 Å². The van der Waals surface area contributed by atoms with Gasteiger partial charge in [0.15, 0.2) is 0 Å². The smallest absolute Gasteiger partial charge is 0.123 e. The third-order valence-corrected chi connectivity index (χ3v) is 3.42. The highest BCUT2D eigenvalue weighted by molar-refractivity contribution is 5.34. The van der Waals surface area contributed by atoms with Crippen LogP contribution in [0.25, 0.3) is 0 Å². The van der Waals surface area contributed by atoms with E-state index in [4.69, 9.17) is 0 Å². The number of hydrogen-bond acceptors (Lipinski definition) is 1. The van der Waals surface area contributed by atoms with Crippen molar-refractivity contribution in [1.82, 2.24) is 5.32 Å². The molecule has 0 fully saturated rings. The first kappa shape index (κ1) is 14.7. The minimum atomic E-state index is -0.197. The summed E-state index contributed by atoms with van der Waals surface area (Å²) in [6.45, 7) is 4.45. The summed E-state index contributed by atoms with van der Waals surface area (Å²) in [6, 6.07) is 15.4. The molecule has 0 spiro atoms. The largest absolute Gasteiger partial charge is 0.309 e. The van der Waals surface area contributed by atoms with Crippen molar-refractivity contribution < 1.29 is 4.39 Å². The SMILES string of the molecule is CNC(c1ccc(F)cc1)c1cccc(CC(C)C)c1. The minimum Gasteiger partial charge on any atom is -0.309 e. The topological polar surface area (TPSA) is 12.0 Å². The number of rotatable bonds is 5. The Labute approximate surface area is 120 Å². The van der Waals surface area contributed by atoms with E-state index in [0.717, 1.165) is 12.0 Å². The normalized spacial score (nSPS) is 12.7. The van der Waals surface area contributed by atoms with Gasteiger partial charge in [-0.1, -0.05) is 50.2 Å². The average Bonchev–Trinajstić information content (AvgIpc) is 2.41. The third kappa shape index (κ3) is 3.67. The lowest BCUT2D eigenvalue weighted by molar-refractivity contribution is 0.622. The highest BCUT2D eigenvalue weighted by Crippen LogP contribution is 2.23. The van der Waals surface area contributed by atoms with Gasteiger partial charge in [-0.15, -0.1) is 0 Å². The van der Waals surface area contributed by atoms with Gasteiger partial charge < -0.3 is 5.32 Å². The van der Waals surface area contributed by atoms with Crippen molar-refractivity contribution in [2.75, 3.05) is 7.05 Å². The molecule has 0 heterocycles. The fraction of sp³-hybridized carbons (Fsp3) is 0.333. The summed E-state index contributed by atoms with van der Waals surface area (Å²) in [5.41, 5.74) is 3.65. The highest BCUT2D eigenvalue weighted by Gasteiger charge is 2.12. The number of hydrogen-bond donors (Lipinski definition) is 1. The minimum absolute atomic E-state index is 0.0997. The van der Waals surface area contributed by atoms with Gasteiger partial charge in [-0.2, -0.15) is 0 Å². The van der Waals surface area contributed by atoms with Crippen molar-refractivity contribution in [3.8, 4) is 0 Å². The average molecular weight is 271 g/mol. The lowest BCUT2D eigenvalue weighted by Crippen LogP contribution is -2.17. The molecular weight excluding hydrogens is 249 g/mol. The van der Waals surface area contributed by atoms with E-state index in [0.29, 0.717) is 5.92 Å². The van der Waals surface area contributed by atoms with Gasteiger partial charge in [0.05, 0.1) is 6.04 Å². The van der Waals surface area contributed by atoms with Gasteiger partial charge >= 0.3 is 0 Å². The maximum Gasteiger partial charge on any atom is 0.123 e. The molecule has 0 aliphatic rings. The molecule has 106 valence electrons. The Morgan fingerprint density at radius 1 is 1.00 bits per heavy atom. The predicted octanol–water partition coefficient (Wildman–Crippen LogP) is 4.33. The maximum atomic E-state index is 13.0. The van der Waals surface area contributed by atoms with E-state index in [9.17, 15) is 4.39 Å². The molecule has 0 aromatic heterocycles. The molecule has 0 aliphatic heterocycles. The van der Waals surface area contributed by atoms with E-state index in [1.165, 1.54) is 23.3 Å². The Kier molecular flexibility index (Phi) is 4.91. The second kappa shape index (κ2) is 6.67. The van der Waals surface area contributed by atoms with Gasteiger partial charge in [0, 0.05) is 0 Å². The Bertz CT molecular complexity index is 546. The summed E-state index contributed by atoms with van der Waals surface area (Å²) in [7, 11) is 1.93. The highest BCUT2D eigenvalue weighted by atomic mass is 19.1. The van der Waals surface area contributed by atoms with Crippen LogP contribution >= 0.6 is 0 Å². The van der Waals surface area contributed by atoms with Gasteiger partial charge in [-0.05, 0) is 48.2 Å². The van der Waals surface area contributed by atoms with Crippen LogP contribution in [0.4, 0.5) is 4.39 Å². The van der Waals surface area contributed by atoms with Crippen LogP contribution < -0.4 is 5.32 Å². The maximum absolute atomic E-state index is 13.0. The van der Waals surface area contributed by atoms with Crippen LogP contribution in [0.15, 0.2) is 48.5 Å². The van der Waals surface area contributed by atoms with Crippen molar-refractivity contribution in [1.29, 1.82) is 0 Å². The molecule has 1 N–H and O–H groups in total. The molecule has 0 aliphatic carbocycles. The van der Waals surface area contributed by atoms with Gasteiger partial charge in [-0.3, -0.25) is 0 Å². The summed E-state index contributed by atoms with van der Waals surface area (Å²) >= 11 is 0. The quantitative estimate of drug-likeness (QED) is 0.853. The molecule has 1 unspecified atom stereocenters. The monoisotopic (exact) mass is 271 g/mol. The molecule has 2 aromatic rings. The zero-order valence-corrected chi connectivity index (χ0v) is 12.4. The summed E-state index contributed by atoms with van der Waals surface area (Å²) in [4.78, 5) is 0. The van der Waals surface area contributed by atoms with Crippen molar-refractivity contribution in [2.24, 2.45) is 5.92 Å². The fourth-order valence-corrected chi connectivity index (χ4v) is 2.55. The number of nitrogens with one attached hydrogen (secondary N) is 1. The molecular formula is C18H22FN. The van der Waals surface area contributed by atoms with Crippen LogP contribution in [0.2, 0.25) is 0 Å². The second-order valence-electron chi connectivity index (χ2n) is 5.62. The van der Waals surface area contributed by atoms with E-state index >= 15 is 0 Å². The Morgan fingerprint density at radius 3 is 2.30 bits per heavy atom. The van der Waals surface area contributed by atoms with Crippen LogP contribution in [0, 0.1) is 11.7 Å². The van der Waals surface area contributed by atoms with Gasteiger partial charge in [0.25, 0.3) is 0 Å². The van der Waals surface area contributed by atoms with E-state index in [1.807, 2.05) is 19.2 Å². The summed E-state index contributed by atoms with van der Waals surface area (Å²) in [5.74, 6) is 0.446. The molecule has 0 bridgehead atoms. The fourth-order valence-electron chi connectivity index (χ4n) is 2.55. The molecule has 0 saturated carbocycles. The van der Waals surface area contributed by atoms with E-state index in [1.54, 1.807) is 0 Å². The number of halogens is 1. The number of benzene rings is 2. The Hall–Kier alpha value is -1.67. The lowest BCUT2D eigenvalue weighted by atomic mass is 9.94. The molecule has 0 amide bonds. The molecule has 20 heavy (non-hydrogen) atoms. The predicted molar refractivity (Wildman–Crippen MR) is 82.3 cm³/mol. The molecule has 0 saturated heterocycles. The first-order chi connectivity index (χ1) is 9.60. The van der Waals surface area contributed by atoms with Crippen LogP contribution in [0.1, 0.15) is 36.6 Å². The van der Waals surface area contributed by atoms with Gasteiger partial charge in [0.1, 0.15) is 5.82 Å². The first-order valence-electron chi connectivity index (χ1n) is 7.11. The van der Waals surface area contributed by atoms with E-state index in [-0.39, 0.29) is 11.9 Å². The van der Waals surface area contributed by atoms with E-state index in [2.05, 4.69) is 43.4 Å². The zero-order valence-electron chi connectivity index (χ0n) is 12.4. The second-order valence-corrected chi connectivity index (χ2v) is 5.62. The molecule has 1 atom stereocenters. The summed E-state index contributed by atoms with van der Waals surface area (Å²) in [5, 5.41) is 3.31.